The minimum atomic E-state index is -0.922. The van der Waals surface area contributed by atoms with Crippen LogP contribution < -0.4 is 15.4 Å². The smallest absolute Gasteiger partial charge is 0.328 e. The fourth-order valence-corrected chi connectivity index (χ4v) is 4.85. The van der Waals surface area contributed by atoms with E-state index in [-0.39, 0.29) is 27.4 Å². The number of aryl methyl sites for hydroxylation is 1. The number of carbonyl (C=O) groups is 2. The predicted octanol–water partition coefficient (Wildman–Crippen LogP) is 6.64. The molecule has 4 rings (SSSR count). The summed E-state index contributed by atoms with van der Waals surface area (Å²) in [6.07, 6.45) is 2.39. The zero-order valence-electron chi connectivity index (χ0n) is 23.6. The second kappa shape index (κ2) is 14.4. The van der Waals surface area contributed by atoms with E-state index in [1.165, 1.54) is 12.7 Å². The summed E-state index contributed by atoms with van der Waals surface area (Å²) in [7, 11) is 1.27. The second-order valence-corrected chi connectivity index (χ2v) is 10.7. The lowest BCUT2D eigenvalue weighted by Gasteiger charge is -2.26. The molecule has 214 valence electrons. The van der Waals surface area contributed by atoms with E-state index in [2.05, 4.69) is 36.6 Å². The van der Waals surface area contributed by atoms with Crippen LogP contribution in [0.3, 0.4) is 0 Å². The van der Waals surface area contributed by atoms with Gasteiger partial charge in [0.1, 0.15) is 17.6 Å². The molecule has 0 saturated heterocycles. The average molecular weight is 587 g/mol. The van der Waals surface area contributed by atoms with Crippen LogP contribution in [0.4, 0.5) is 5.82 Å². The minimum absolute atomic E-state index is 0.111. The van der Waals surface area contributed by atoms with E-state index in [0.717, 1.165) is 36.5 Å². The van der Waals surface area contributed by atoms with E-state index in [1.54, 1.807) is 18.2 Å². The topological polar surface area (TPSA) is 89.6 Å². The van der Waals surface area contributed by atoms with Gasteiger partial charge in [0, 0.05) is 18.4 Å². The Morgan fingerprint density at radius 2 is 1.73 bits per heavy atom. The fourth-order valence-electron chi connectivity index (χ4n) is 4.28. The predicted molar refractivity (Wildman–Crippen MR) is 161 cm³/mol. The lowest BCUT2D eigenvalue weighted by atomic mass is 9.89. The van der Waals surface area contributed by atoms with Gasteiger partial charge in [-0.15, -0.1) is 0 Å². The van der Waals surface area contributed by atoms with Crippen molar-refractivity contribution in [2.24, 2.45) is 0 Å². The Labute approximate surface area is 246 Å². The highest BCUT2D eigenvalue weighted by atomic mass is 35.5. The van der Waals surface area contributed by atoms with Gasteiger partial charge in [-0.3, -0.25) is 4.79 Å². The average Bonchev–Trinajstić information content (AvgIpc) is 2.96. The van der Waals surface area contributed by atoms with Crippen molar-refractivity contribution in [3.05, 3.63) is 87.0 Å². The number of halogens is 2. The Morgan fingerprint density at radius 1 is 1.05 bits per heavy atom. The van der Waals surface area contributed by atoms with Crippen LogP contribution in [0.5, 0.6) is 5.75 Å². The Balaban J connectivity index is 0.00000216. The number of anilines is 1. The molecule has 3 aromatic rings. The number of methoxy groups -OCH3 is 1. The zero-order valence-corrected chi connectivity index (χ0v) is 25.2. The number of esters is 1. The van der Waals surface area contributed by atoms with Crippen LogP contribution in [-0.4, -0.2) is 43.2 Å². The normalized spacial score (nSPS) is 13.1. The number of hydrogen-bond donors (Lipinski definition) is 2. The van der Waals surface area contributed by atoms with Crippen molar-refractivity contribution in [2.45, 2.75) is 58.4 Å². The van der Waals surface area contributed by atoms with E-state index in [4.69, 9.17) is 37.7 Å². The molecule has 2 aromatic carbocycles. The van der Waals surface area contributed by atoms with Gasteiger partial charge >= 0.3 is 5.97 Å². The van der Waals surface area contributed by atoms with Crippen LogP contribution in [0.1, 0.15) is 61.3 Å². The lowest BCUT2D eigenvalue weighted by molar-refractivity contribution is -0.142. The van der Waals surface area contributed by atoms with Gasteiger partial charge in [-0.05, 0) is 54.3 Å². The quantitative estimate of drug-likeness (QED) is 0.273. The summed E-state index contributed by atoms with van der Waals surface area (Å²) in [4.78, 5) is 30.1. The van der Waals surface area contributed by atoms with E-state index < -0.39 is 17.9 Å². The van der Waals surface area contributed by atoms with Gasteiger partial charge in [0.15, 0.2) is 0 Å². The zero-order chi connectivity index (χ0) is 29.3. The molecule has 1 atom stereocenters. The summed E-state index contributed by atoms with van der Waals surface area (Å²) in [6.45, 7) is 9.60. The molecule has 0 bridgehead atoms. The summed E-state index contributed by atoms with van der Waals surface area (Å²) in [5.74, 6) is 0.537. The van der Waals surface area contributed by atoms with Crippen LogP contribution in [0.2, 0.25) is 10.0 Å². The molecule has 1 aromatic heterocycles. The Kier molecular flexibility index (Phi) is 11.2. The minimum Gasteiger partial charge on any atom is -0.493 e. The highest BCUT2D eigenvalue weighted by Gasteiger charge is 2.26. The number of ether oxygens (including phenoxy) is 2. The summed E-state index contributed by atoms with van der Waals surface area (Å²) >= 11 is 12.3. The molecule has 0 fully saturated rings. The van der Waals surface area contributed by atoms with Crippen molar-refractivity contribution in [1.82, 2.24) is 10.3 Å². The summed E-state index contributed by atoms with van der Waals surface area (Å²) in [5, 5.41) is 6.47. The number of carbonyl (C=O) groups excluding carboxylic acids is 2. The van der Waals surface area contributed by atoms with Crippen LogP contribution >= 0.6 is 23.2 Å². The van der Waals surface area contributed by atoms with Gasteiger partial charge in [-0.25, -0.2) is 9.78 Å². The standard InChI is InChI=1S/C29H31Cl2N3O4.C2H6/c1-29(2,24-14-11-19-6-5-15-32-26(19)34-24)17-38-20-12-9-18(10-13-20)16-23(28(36)37-3)33-27(35)25-21(30)7-4-8-22(25)31;1-2/h4,7-14,23H,5-6,15-17H2,1-3H3,(H,32,34)(H,33,35);1-2H3. The first kappa shape index (κ1) is 31.2. The van der Waals surface area contributed by atoms with Crippen LogP contribution in [0.25, 0.3) is 0 Å². The van der Waals surface area contributed by atoms with Gasteiger partial charge < -0.3 is 20.1 Å². The first-order valence-electron chi connectivity index (χ1n) is 13.5. The monoisotopic (exact) mass is 585 g/mol. The van der Waals surface area contributed by atoms with Crippen LogP contribution in [-0.2, 0) is 27.8 Å². The molecule has 0 radical (unpaired) electrons. The SMILES string of the molecule is CC.COC(=O)C(Cc1ccc(OCC(C)(C)c2ccc3c(n2)NCCC3)cc1)NC(=O)c1c(Cl)cccc1Cl. The first-order chi connectivity index (χ1) is 19.2. The van der Waals surface area contributed by atoms with Crippen molar-refractivity contribution >= 4 is 40.9 Å². The molecule has 0 spiro atoms. The lowest BCUT2D eigenvalue weighted by Crippen LogP contribution is -2.43. The van der Waals surface area contributed by atoms with Gasteiger partial charge in [0.2, 0.25) is 0 Å². The maximum Gasteiger partial charge on any atom is 0.328 e. The summed E-state index contributed by atoms with van der Waals surface area (Å²) < 4.78 is 11.0. The Bertz CT molecular complexity index is 1290. The van der Waals surface area contributed by atoms with Crippen molar-refractivity contribution in [2.75, 3.05) is 25.6 Å². The molecule has 1 amide bonds. The Morgan fingerprint density at radius 3 is 2.38 bits per heavy atom. The molecule has 0 saturated carbocycles. The van der Waals surface area contributed by atoms with E-state index >= 15 is 0 Å². The third-order valence-corrected chi connectivity index (χ3v) is 7.16. The molecule has 2 heterocycles. The molecule has 1 aliphatic heterocycles. The number of aromatic nitrogens is 1. The molecular weight excluding hydrogens is 549 g/mol. The number of nitrogens with one attached hydrogen (secondary N) is 2. The fraction of sp³-hybridized carbons (Fsp3) is 0.387. The number of pyridine rings is 1. The highest BCUT2D eigenvalue weighted by Crippen LogP contribution is 2.28. The van der Waals surface area contributed by atoms with Gasteiger partial charge in [0.25, 0.3) is 5.91 Å². The maximum atomic E-state index is 12.8. The summed E-state index contributed by atoms with van der Waals surface area (Å²) in [5.41, 5.74) is 2.86. The number of fused-ring (bicyclic) bond motifs is 1. The molecule has 9 heteroatoms. The molecule has 1 unspecified atom stereocenters. The van der Waals surface area contributed by atoms with Gasteiger partial charge in [0.05, 0.1) is 35.0 Å². The number of amides is 1. The van der Waals surface area contributed by atoms with Crippen molar-refractivity contribution in [3.63, 3.8) is 0 Å². The van der Waals surface area contributed by atoms with E-state index in [0.29, 0.717) is 12.4 Å². The van der Waals surface area contributed by atoms with Crippen molar-refractivity contribution in [3.8, 4) is 5.75 Å². The van der Waals surface area contributed by atoms with E-state index in [1.807, 2.05) is 38.1 Å². The molecule has 1 aliphatic rings. The van der Waals surface area contributed by atoms with E-state index in [9.17, 15) is 9.59 Å². The van der Waals surface area contributed by atoms with Crippen molar-refractivity contribution in [1.29, 1.82) is 0 Å². The van der Waals surface area contributed by atoms with Gasteiger partial charge in [-0.1, -0.05) is 75.2 Å². The number of nitrogens with zero attached hydrogens (tertiary/aromatic N) is 1. The van der Waals surface area contributed by atoms with Crippen LogP contribution in [0, 0.1) is 0 Å². The molecule has 0 aliphatic carbocycles. The molecule has 40 heavy (non-hydrogen) atoms. The second-order valence-electron chi connectivity index (χ2n) is 9.90. The third-order valence-electron chi connectivity index (χ3n) is 6.53. The maximum absolute atomic E-state index is 12.8. The number of benzene rings is 2. The third kappa shape index (κ3) is 7.89. The first-order valence-corrected chi connectivity index (χ1v) is 14.2. The van der Waals surface area contributed by atoms with Crippen LogP contribution in [0.15, 0.2) is 54.6 Å². The molecule has 2 N–H and O–H groups in total. The molecule has 7 nitrogen and oxygen atoms in total. The van der Waals surface area contributed by atoms with Crippen molar-refractivity contribution < 1.29 is 19.1 Å². The Hall–Kier alpha value is -3.29. The molecular formula is C31H37Cl2N3O4. The largest absolute Gasteiger partial charge is 0.493 e. The highest BCUT2D eigenvalue weighted by molar-refractivity contribution is 6.39. The van der Waals surface area contributed by atoms with Gasteiger partial charge in [-0.2, -0.15) is 0 Å². The number of rotatable bonds is 9. The number of hydrogen-bond acceptors (Lipinski definition) is 6. The summed E-state index contributed by atoms with van der Waals surface area (Å²) in [6, 6.07) is 15.5.